The number of hydrogen-bond donors (Lipinski definition) is 1. The van der Waals surface area contributed by atoms with Gasteiger partial charge in [-0.2, -0.15) is 0 Å². The van der Waals surface area contributed by atoms with E-state index in [1.54, 1.807) is 6.92 Å². The van der Waals surface area contributed by atoms with Crippen LogP contribution in [-0.4, -0.2) is 36.4 Å². The topological polar surface area (TPSA) is 57.4 Å². The van der Waals surface area contributed by atoms with E-state index in [4.69, 9.17) is 5.11 Å². The molecule has 0 aromatic heterocycles. The predicted molar refractivity (Wildman–Crippen MR) is 50.6 cm³/mol. The van der Waals surface area contributed by atoms with Crippen LogP contribution in [-0.2, 0) is 15.8 Å². The Bertz CT molecular complexity index is 259. The molecule has 1 unspecified atom stereocenters. The van der Waals surface area contributed by atoms with Crippen molar-refractivity contribution in [1.29, 1.82) is 0 Å². The quantitative estimate of drug-likeness (QED) is 0.672. The average Bonchev–Trinajstić information content (AvgIpc) is 2.57. The Balaban J connectivity index is 2.69. The SMILES string of the molecule is C[C@H]1[C@@H](C(=O)O)N1[S@@](=O)C(C)(C)C. The van der Waals surface area contributed by atoms with Crippen molar-refractivity contribution in [2.45, 2.75) is 44.5 Å². The number of rotatable bonds is 2. The first-order valence-electron chi connectivity index (χ1n) is 4.20. The van der Waals surface area contributed by atoms with Crippen molar-refractivity contribution in [3.05, 3.63) is 0 Å². The lowest BCUT2D eigenvalue weighted by Crippen LogP contribution is -2.29. The first-order chi connectivity index (χ1) is 5.76. The van der Waals surface area contributed by atoms with Gasteiger partial charge < -0.3 is 5.11 Å². The molecule has 76 valence electrons. The van der Waals surface area contributed by atoms with Crippen LogP contribution in [0.15, 0.2) is 0 Å². The molecule has 0 amide bonds. The molecule has 5 heteroatoms. The van der Waals surface area contributed by atoms with Crippen LogP contribution < -0.4 is 0 Å². The fourth-order valence-corrected chi connectivity index (χ4v) is 2.68. The third-order valence-corrected chi connectivity index (χ3v) is 4.00. The summed E-state index contributed by atoms with van der Waals surface area (Å²) in [6.07, 6.45) is 0. The molecule has 1 rings (SSSR count). The Morgan fingerprint density at radius 2 is 1.92 bits per heavy atom. The summed E-state index contributed by atoms with van der Waals surface area (Å²) in [6, 6.07) is -0.655. The lowest BCUT2D eigenvalue weighted by molar-refractivity contribution is -0.136. The molecule has 0 saturated carbocycles. The molecule has 1 N–H and O–H groups in total. The summed E-state index contributed by atoms with van der Waals surface area (Å²) in [5.41, 5.74) is 0. The summed E-state index contributed by atoms with van der Waals surface area (Å²) in [4.78, 5) is 10.6. The maximum atomic E-state index is 11.7. The van der Waals surface area contributed by atoms with E-state index in [-0.39, 0.29) is 10.8 Å². The van der Waals surface area contributed by atoms with E-state index in [2.05, 4.69) is 0 Å². The van der Waals surface area contributed by atoms with Gasteiger partial charge in [0.15, 0.2) is 0 Å². The summed E-state index contributed by atoms with van der Waals surface area (Å²) >= 11 is 0. The summed E-state index contributed by atoms with van der Waals surface area (Å²) in [5.74, 6) is -0.884. The molecule has 1 aliphatic heterocycles. The van der Waals surface area contributed by atoms with E-state index in [1.807, 2.05) is 20.8 Å². The Kier molecular flexibility index (Phi) is 2.51. The zero-order chi connectivity index (χ0) is 10.4. The van der Waals surface area contributed by atoms with Crippen LogP contribution in [0.1, 0.15) is 27.7 Å². The lowest BCUT2D eigenvalue weighted by Gasteiger charge is -2.18. The van der Waals surface area contributed by atoms with Gasteiger partial charge in [0.1, 0.15) is 17.0 Å². The van der Waals surface area contributed by atoms with Gasteiger partial charge in [0, 0.05) is 6.04 Å². The zero-order valence-electron chi connectivity index (χ0n) is 8.27. The van der Waals surface area contributed by atoms with E-state index in [0.29, 0.717) is 0 Å². The Morgan fingerprint density at radius 3 is 2.15 bits per heavy atom. The molecule has 13 heavy (non-hydrogen) atoms. The fraction of sp³-hybridized carbons (Fsp3) is 0.875. The molecule has 1 heterocycles. The number of carboxylic acids is 1. The maximum absolute atomic E-state index is 11.7. The fourth-order valence-electron chi connectivity index (χ4n) is 1.21. The van der Waals surface area contributed by atoms with Crippen LogP contribution in [0.5, 0.6) is 0 Å². The van der Waals surface area contributed by atoms with Gasteiger partial charge in [-0.25, -0.2) is 8.51 Å². The molecular weight excluding hydrogens is 190 g/mol. The average molecular weight is 205 g/mol. The Hall–Kier alpha value is -0.420. The molecule has 0 bridgehead atoms. The third kappa shape index (κ3) is 1.91. The molecule has 0 aliphatic carbocycles. The molecule has 0 aromatic carbocycles. The summed E-state index contributed by atoms with van der Waals surface area (Å²) in [5, 5.41) is 8.73. The van der Waals surface area contributed by atoms with Crippen molar-refractivity contribution >= 4 is 17.0 Å². The van der Waals surface area contributed by atoms with E-state index in [1.165, 1.54) is 4.31 Å². The largest absolute Gasteiger partial charge is 0.480 e. The van der Waals surface area contributed by atoms with Crippen LogP contribution in [0.2, 0.25) is 0 Å². The van der Waals surface area contributed by atoms with Crippen molar-refractivity contribution in [3.8, 4) is 0 Å². The van der Waals surface area contributed by atoms with Gasteiger partial charge in [0.05, 0.1) is 4.75 Å². The Labute approximate surface area is 80.5 Å². The van der Waals surface area contributed by atoms with Crippen LogP contribution in [0.4, 0.5) is 0 Å². The van der Waals surface area contributed by atoms with Crippen LogP contribution in [0.25, 0.3) is 0 Å². The monoisotopic (exact) mass is 205 g/mol. The second-order valence-corrected chi connectivity index (χ2v) is 6.39. The van der Waals surface area contributed by atoms with Crippen molar-refractivity contribution < 1.29 is 14.1 Å². The normalized spacial score (nSPS) is 35.5. The zero-order valence-corrected chi connectivity index (χ0v) is 9.09. The molecule has 4 nitrogen and oxygen atoms in total. The predicted octanol–water partition coefficient (Wildman–Crippen LogP) is 0.606. The first-order valence-corrected chi connectivity index (χ1v) is 5.30. The van der Waals surface area contributed by atoms with Gasteiger partial charge in [-0.15, -0.1) is 0 Å². The smallest absolute Gasteiger partial charge is 0.323 e. The van der Waals surface area contributed by atoms with Gasteiger partial charge >= 0.3 is 5.97 Å². The minimum absolute atomic E-state index is 0.0995. The Morgan fingerprint density at radius 1 is 1.46 bits per heavy atom. The van der Waals surface area contributed by atoms with E-state index in [0.717, 1.165) is 0 Å². The number of carboxylic acid groups (broad SMARTS) is 1. The van der Waals surface area contributed by atoms with Crippen molar-refractivity contribution in [1.82, 2.24) is 4.31 Å². The molecule has 0 aromatic rings. The molecule has 1 aliphatic rings. The third-order valence-electron chi connectivity index (χ3n) is 2.01. The van der Waals surface area contributed by atoms with Gasteiger partial charge in [-0.05, 0) is 27.7 Å². The highest BCUT2D eigenvalue weighted by Crippen LogP contribution is 2.34. The van der Waals surface area contributed by atoms with Gasteiger partial charge in [-0.3, -0.25) is 4.79 Å². The molecule has 4 atom stereocenters. The van der Waals surface area contributed by atoms with Crippen molar-refractivity contribution in [2.24, 2.45) is 0 Å². The second kappa shape index (κ2) is 3.06. The molecular formula is C8H15NO3S. The van der Waals surface area contributed by atoms with E-state index in [9.17, 15) is 9.00 Å². The maximum Gasteiger partial charge on any atom is 0.323 e. The first kappa shape index (κ1) is 10.7. The van der Waals surface area contributed by atoms with Gasteiger partial charge in [-0.1, -0.05) is 0 Å². The number of aliphatic carboxylic acids is 1. The van der Waals surface area contributed by atoms with Crippen molar-refractivity contribution in [2.75, 3.05) is 0 Å². The van der Waals surface area contributed by atoms with Gasteiger partial charge in [0.25, 0.3) is 0 Å². The van der Waals surface area contributed by atoms with Crippen LogP contribution in [0.3, 0.4) is 0 Å². The summed E-state index contributed by atoms with van der Waals surface area (Å²) in [7, 11) is -1.21. The standard InChI is InChI=1S/C8H15NO3S/c1-5-6(7(10)11)9(5)13(12)8(2,3)4/h5-6H,1-4H3,(H,10,11)/t5-,6-,9?,13-/m0/s1. The minimum Gasteiger partial charge on any atom is -0.480 e. The highest BCUT2D eigenvalue weighted by Gasteiger charge is 2.55. The molecule has 0 spiro atoms. The number of carbonyl (C=O) groups is 1. The highest BCUT2D eigenvalue weighted by atomic mass is 32.2. The van der Waals surface area contributed by atoms with Crippen LogP contribution in [0, 0.1) is 0 Å². The van der Waals surface area contributed by atoms with Crippen LogP contribution >= 0.6 is 0 Å². The minimum atomic E-state index is -1.21. The summed E-state index contributed by atoms with van der Waals surface area (Å²) < 4.78 is 12.9. The molecule has 1 saturated heterocycles. The molecule has 1 fully saturated rings. The second-order valence-electron chi connectivity index (χ2n) is 4.25. The molecule has 0 radical (unpaired) electrons. The van der Waals surface area contributed by atoms with E-state index < -0.39 is 23.0 Å². The highest BCUT2D eigenvalue weighted by molar-refractivity contribution is 7.84. The number of hydrogen-bond acceptors (Lipinski definition) is 2. The summed E-state index contributed by atoms with van der Waals surface area (Å²) in [6.45, 7) is 7.30. The van der Waals surface area contributed by atoms with Gasteiger partial charge in [0.2, 0.25) is 0 Å². The number of nitrogens with zero attached hydrogens (tertiary/aromatic N) is 1. The van der Waals surface area contributed by atoms with Crippen molar-refractivity contribution in [3.63, 3.8) is 0 Å². The lowest BCUT2D eigenvalue weighted by atomic mass is 10.3. The van der Waals surface area contributed by atoms with E-state index >= 15 is 0 Å².